The molecule has 0 saturated heterocycles. The van der Waals surface area contributed by atoms with Crippen LogP contribution in [0.15, 0.2) is 48.5 Å². The van der Waals surface area contributed by atoms with Crippen LogP contribution in [0.1, 0.15) is 121 Å². The summed E-state index contributed by atoms with van der Waals surface area (Å²) in [6.45, 7) is 2.29. The highest BCUT2D eigenvalue weighted by molar-refractivity contribution is 6.11. The average Bonchev–Trinajstić information content (AvgIpc) is 2.88. The molecule has 0 nitrogen and oxygen atoms in total. The molecule has 3 aromatic rings. The maximum absolute atomic E-state index is 6.02. The Kier molecular flexibility index (Phi) is 12.1. The number of terminal acetylenes is 1. The summed E-state index contributed by atoms with van der Waals surface area (Å²) in [5.41, 5.74) is 2.48. The Labute approximate surface area is 209 Å². The van der Waals surface area contributed by atoms with E-state index in [-0.39, 0.29) is 0 Å². The first-order chi connectivity index (χ1) is 16.9. The molecule has 0 radical (unpaired) electrons. The minimum atomic E-state index is 1.09. The van der Waals surface area contributed by atoms with Crippen molar-refractivity contribution in [2.75, 3.05) is 0 Å². The van der Waals surface area contributed by atoms with Crippen LogP contribution in [0.4, 0.5) is 0 Å². The topological polar surface area (TPSA) is 0 Å². The Hall–Kier alpha value is -2.26. The van der Waals surface area contributed by atoms with Gasteiger partial charge >= 0.3 is 0 Å². The van der Waals surface area contributed by atoms with Crippen LogP contribution in [-0.2, 0) is 6.42 Å². The van der Waals surface area contributed by atoms with Gasteiger partial charge in [-0.1, -0.05) is 158 Å². The smallest absolute Gasteiger partial charge is 0.0359 e. The normalized spacial score (nSPS) is 11.3. The van der Waals surface area contributed by atoms with Gasteiger partial charge in [0.2, 0.25) is 0 Å². The third kappa shape index (κ3) is 7.91. The summed E-state index contributed by atoms with van der Waals surface area (Å²) in [4.78, 5) is 0. The Balaban J connectivity index is 1.32. The monoisotopic (exact) mass is 454 g/mol. The molecule has 0 aliphatic carbocycles. The number of rotatable bonds is 17. The molecule has 0 aliphatic heterocycles. The second-order valence-corrected chi connectivity index (χ2v) is 10.1. The Morgan fingerprint density at radius 1 is 0.500 bits per heavy atom. The molecule has 0 unspecified atom stereocenters. The second kappa shape index (κ2) is 15.6. The van der Waals surface area contributed by atoms with E-state index in [2.05, 4.69) is 61.4 Å². The van der Waals surface area contributed by atoms with Gasteiger partial charge in [0.1, 0.15) is 0 Å². The van der Waals surface area contributed by atoms with Crippen molar-refractivity contribution in [1.29, 1.82) is 0 Å². The molecule has 0 fully saturated rings. The van der Waals surface area contributed by atoms with E-state index in [1.807, 2.05) is 0 Å². The third-order valence-electron chi connectivity index (χ3n) is 7.47. The molecule has 0 aromatic heterocycles. The summed E-state index contributed by atoms with van der Waals surface area (Å²) in [5, 5.41) is 5.19. The Morgan fingerprint density at radius 3 is 1.35 bits per heavy atom. The van der Waals surface area contributed by atoms with Gasteiger partial charge in [-0.25, -0.2) is 0 Å². The number of hydrogen-bond donors (Lipinski definition) is 0. The van der Waals surface area contributed by atoms with E-state index in [1.165, 1.54) is 130 Å². The van der Waals surface area contributed by atoms with Gasteiger partial charge in [0, 0.05) is 5.56 Å². The lowest BCUT2D eigenvalue weighted by Gasteiger charge is -2.14. The molecular formula is C34H46. The van der Waals surface area contributed by atoms with Gasteiger partial charge in [0.05, 0.1) is 0 Å². The minimum Gasteiger partial charge on any atom is -0.115 e. The maximum atomic E-state index is 6.02. The first-order valence-corrected chi connectivity index (χ1v) is 14.3. The largest absolute Gasteiger partial charge is 0.115 e. The zero-order valence-electron chi connectivity index (χ0n) is 21.7. The fourth-order valence-corrected chi connectivity index (χ4v) is 5.49. The molecule has 0 N–H and O–H groups in total. The number of hydrogen-bond acceptors (Lipinski definition) is 0. The quantitative estimate of drug-likeness (QED) is 0.108. The fourth-order valence-electron chi connectivity index (χ4n) is 5.49. The van der Waals surface area contributed by atoms with Crippen LogP contribution in [-0.4, -0.2) is 0 Å². The van der Waals surface area contributed by atoms with Crippen molar-refractivity contribution in [2.24, 2.45) is 0 Å². The first kappa shape index (κ1) is 26.3. The molecule has 0 bridgehead atoms. The molecule has 0 aliphatic rings. The SMILES string of the molecule is C#Cc1c(CCCCCCCCCCCCCCCCCC)c2ccccc2c2ccccc12. The highest BCUT2D eigenvalue weighted by Crippen LogP contribution is 2.33. The van der Waals surface area contributed by atoms with E-state index < -0.39 is 0 Å². The van der Waals surface area contributed by atoms with Gasteiger partial charge in [-0.15, -0.1) is 6.42 Å². The summed E-state index contributed by atoms with van der Waals surface area (Å²) in [6, 6.07) is 17.4. The van der Waals surface area contributed by atoms with Crippen LogP contribution < -0.4 is 0 Å². The Bertz CT molecular complexity index is 1020. The van der Waals surface area contributed by atoms with Crippen molar-refractivity contribution in [1.82, 2.24) is 0 Å². The van der Waals surface area contributed by atoms with Crippen molar-refractivity contribution >= 4 is 21.5 Å². The molecule has 34 heavy (non-hydrogen) atoms. The van der Waals surface area contributed by atoms with Crippen LogP contribution >= 0.6 is 0 Å². The standard InChI is InChI=1S/C34H46/c1-3-5-6-7-8-9-10-11-12-13-14-15-16-17-18-19-24-30-29(4-2)31-25-20-21-26-33(31)34-28-23-22-27-32(30)34/h2,20-23,25-28H,3,5-19,24H2,1H3. The molecular weight excluding hydrogens is 408 g/mol. The van der Waals surface area contributed by atoms with Gasteiger partial charge < -0.3 is 0 Å². The van der Waals surface area contributed by atoms with Gasteiger partial charge in [-0.2, -0.15) is 0 Å². The molecule has 3 rings (SSSR count). The van der Waals surface area contributed by atoms with Gasteiger partial charge in [-0.05, 0) is 39.9 Å². The summed E-state index contributed by atoms with van der Waals surface area (Å²) in [5.74, 6) is 3.04. The van der Waals surface area contributed by atoms with E-state index in [9.17, 15) is 0 Å². The van der Waals surface area contributed by atoms with E-state index in [0.717, 1.165) is 12.0 Å². The average molecular weight is 455 g/mol. The number of benzene rings is 3. The van der Waals surface area contributed by atoms with Crippen molar-refractivity contribution in [2.45, 2.75) is 116 Å². The van der Waals surface area contributed by atoms with Crippen LogP contribution in [0.2, 0.25) is 0 Å². The lowest BCUT2D eigenvalue weighted by atomic mass is 9.89. The molecule has 0 atom stereocenters. The second-order valence-electron chi connectivity index (χ2n) is 10.1. The first-order valence-electron chi connectivity index (χ1n) is 14.3. The van der Waals surface area contributed by atoms with Crippen molar-refractivity contribution in [3.63, 3.8) is 0 Å². The van der Waals surface area contributed by atoms with E-state index in [1.54, 1.807) is 0 Å². The molecule has 0 spiro atoms. The third-order valence-corrected chi connectivity index (χ3v) is 7.47. The van der Waals surface area contributed by atoms with E-state index in [4.69, 9.17) is 6.42 Å². The Morgan fingerprint density at radius 2 is 0.882 bits per heavy atom. The number of fused-ring (bicyclic) bond motifs is 3. The molecule has 0 saturated carbocycles. The highest BCUT2D eigenvalue weighted by Gasteiger charge is 2.12. The molecule has 0 heteroatoms. The summed E-state index contributed by atoms with van der Waals surface area (Å²) < 4.78 is 0. The summed E-state index contributed by atoms with van der Waals surface area (Å²) in [6.07, 6.45) is 29.6. The molecule has 0 amide bonds. The molecule has 182 valence electrons. The predicted octanol–water partition coefficient (Wildman–Crippen LogP) is 10.8. The molecule has 3 aromatic carbocycles. The van der Waals surface area contributed by atoms with Crippen molar-refractivity contribution < 1.29 is 0 Å². The number of aryl methyl sites for hydroxylation is 1. The minimum absolute atomic E-state index is 1.09. The highest BCUT2D eigenvalue weighted by atomic mass is 14.1. The predicted molar refractivity (Wildman–Crippen MR) is 153 cm³/mol. The van der Waals surface area contributed by atoms with Crippen LogP contribution in [0, 0.1) is 12.3 Å². The van der Waals surface area contributed by atoms with E-state index in [0.29, 0.717) is 0 Å². The fraction of sp³-hybridized carbons (Fsp3) is 0.529. The van der Waals surface area contributed by atoms with Gasteiger partial charge in [0.15, 0.2) is 0 Å². The van der Waals surface area contributed by atoms with Gasteiger partial charge in [-0.3, -0.25) is 0 Å². The van der Waals surface area contributed by atoms with Crippen molar-refractivity contribution in [3.8, 4) is 12.3 Å². The van der Waals surface area contributed by atoms with Gasteiger partial charge in [0.25, 0.3) is 0 Å². The summed E-state index contributed by atoms with van der Waals surface area (Å²) >= 11 is 0. The molecule has 0 heterocycles. The van der Waals surface area contributed by atoms with Crippen LogP contribution in [0.3, 0.4) is 0 Å². The van der Waals surface area contributed by atoms with Crippen LogP contribution in [0.25, 0.3) is 21.5 Å². The maximum Gasteiger partial charge on any atom is 0.0359 e. The lowest BCUT2D eigenvalue weighted by Crippen LogP contribution is -1.96. The van der Waals surface area contributed by atoms with Crippen LogP contribution in [0.5, 0.6) is 0 Å². The zero-order chi connectivity index (χ0) is 23.8. The van der Waals surface area contributed by atoms with Crippen molar-refractivity contribution in [3.05, 3.63) is 59.7 Å². The van der Waals surface area contributed by atoms with E-state index >= 15 is 0 Å². The summed E-state index contributed by atoms with van der Waals surface area (Å²) in [7, 11) is 0. The zero-order valence-corrected chi connectivity index (χ0v) is 21.7. The number of unbranched alkanes of at least 4 members (excludes halogenated alkanes) is 15. The lowest BCUT2D eigenvalue weighted by molar-refractivity contribution is 0.529.